The van der Waals surface area contributed by atoms with Crippen molar-refractivity contribution in [2.75, 3.05) is 37.7 Å². The standard InChI is InChI=1S/C30H34ClN5O4/c1-2-40-30(39)35-13-11-34(12-14-35)27-21(15-20-7-8-22(31)17-26(20)32-27)18-36(23-9-10-23)29(38)24-16-19-5-3-4-6-25(19)33-28(24)37/h7-8,15-17,23H,2-6,9-14,18H2,1H3,(H,33,37). The summed E-state index contributed by atoms with van der Waals surface area (Å²) in [5, 5.41) is 1.54. The number of pyridine rings is 2. The summed E-state index contributed by atoms with van der Waals surface area (Å²) in [6, 6.07) is 9.61. The van der Waals surface area contributed by atoms with Crippen LogP contribution in [0.5, 0.6) is 0 Å². The van der Waals surface area contributed by atoms with E-state index in [0.717, 1.165) is 72.1 Å². The summed E-state index contributed by atoms with van der Waals surface area (Å²) in [4.78, 5) is 52.9. The lowest BCUT2D eigenvalue weighted by atomic mass is 9.95. The smallest absolute Gasteiger partial charge is 0.409 e. The maximum Gasteiger partial charge on any atom is 0.409 e. The van der Waals surface area contributed by atoms with Gasteiger partial charge in [-0.2, -0.15) is 0 Å². The van der Waals surface area contributed by atoms with Crippen molar-refractivity contribution in [2.24, 2.45) is 0 Å². The molecule has 3 aliphatic rings. The number of H-pyrrole nitrogens is 1. The predicted octanol–water partition coefficient (Wildman–Crippen LogP) is 4.54. The van der Waals surface area contributed by atoms with Gasteiger partial charge < -0.3 is 24.4 Å². The van der Waals surface area contributed by atoms with Crippen molar-refractivity contribution in [3.63, 3.8) is 0 Å². The van der Waals surface area contributed by atoms with Crippen LogP contribution in [-0.2, 0) is 24.1 Å². The Labute approximate surface area is 238 Å². The Bertz CT molecular complexity index is 1510. The lowest BCUT2D eigenvalue weighted by Crippen LogP contribution is -2.49. The van der Waals surface area contributed by atoms with Crippen molar-refractivity contribution in [3.8, 4) is 0 Å². The second-order valence-corrected chi connectivity index (χ2v) is 11.3. The monoisotopic (exact) mass is 563 g/mol. The summed E-state index contributed by atoms with van der Waals surface area (Å²) in [6.07, 6.45) is 5.39. The van der Waals surface area contributed by atoms with E-state index in [1.165, 1.54) is 0 Å². The Morgan fingerprint density at radius 3 is 2.62 bits per heavy atom. The molecule has 0 unspecified atom stereocenters. The number of fused-ring (bicyclic) bond motifs is 2. The van der Waals surface area contributed by atoms with Gasteiger partial charge in [0.2, 0.25) is 0 Å². The maximum atomic E-state index is 13.9. The van der Waals surface area contributed by atoms with E-state index in [2.05, 4.69) is 16.0 Å². The van der Waals surface area contributed by atoms with Crippen molar-refractivity contribution in [1.82, 2.24) is 19.8 Å². The molecule has 0 atom stereocenters. The zero-order valence-corrected chi connectivity index (χ0v) is 23.5. The summed E-state index contributed by atoms with van der Waals surface area (Å²) >= 11 is 6.29. The average Bonchev–Trinajstić information content (AvgIpc) is 3.80. The molecule has 10 heteroatoms. The molecule has 0 radical (unpaired) electrons. The summed E-state index contributed by atoms with van der Waals surface area (Å²) < 4.78 is 5.18. The predicted molar refractivity (Wildman–Crippen MR) is 154 cm³/mol. The Kier molecular flexibility index (Phi) is 7.40. The lowest BCUT2D eigenvalue weighted by Gasteiger charge is -2.36. The second kappa shape index (κ2) is 11.1. The van der Waals surface area contributed by atoms with Crippen LogP contribution in [0.25, 0.3) is 10.9 Å². The zero-order chi connectivity index (χ0) is 27.8. The SMILES string of the molecule is CCOC(=O)N1CCN(c2nc3cc(Cl)ccc3cc2CN(C(=O)c2cc3c([nH]c2=O)CCCC3)C2CC2)CC1. The van der Waals surface area contributed by atoms with E-state index >= 15 is 0 Å². The van der Waals surface area contributed by atoms with Crippen LogP contribution >= 0.6 is 11.6 Å². The number of nitrogens with one attached hydrogen (secondary N) is 1. The minimum Gasteiger partial charge on any atom is -0.450 e. The molecular weight excluding hydrogens is 530 g/mol. The second-order valence-electron chi connectivity index (χ2n) is 10.9. The number of benzene rings is 1. The third kappa shape index (κ3) is 5.39. The number of carbonyl (C=O) groups is 2. The number of halogens is 1. The van der Waals surface area contributed by atoms with Gasteiger partial charge in [-0.3, -0.25) is 9.59 Å². The van der Waals surface area contributed by atoms with Gasteiger partial charge in [0.05, 0.1) is 12.1 Å². The maximum absolute atomic E-state index is 13.9. The van der Waals surface area contributed by atoms with Gasteiger partial charge in [0, 0.05) is 60.4 Å². The number of ether oxygens (including phenoxy) is 1. The molecule has 40 heavy (non-hydrogen) atoms. The molecule has 210 valence electrons. The highest BCUT2D eigenvalue weighted by Gasteiger charge is 2.36. The summed E-state index contributed by atoms with van der Waals surface area (Å²) in [5.74, 6) is 0.544. The van der Waals surface area contributed by atoms with E-state index in [0.29, 0.717) is 44.4 Å². The number of hydrogen-bond acceptors (Lipinski definition) is 6. The lowest BCUT2D eigenvalue weighted by molar-refractivity contribution is 0.0727. The number of nitrogens with zero attached hydrogens (tertiary/aromatic N) is 4. The van der Waals surface area contributed by atoms with Crippen LogP contribution in [0.1, 0.15) is 59.8 Å². The van der Waals surface area contributed by atoms with Gasteiger partial charge in [-0.1, -0.05) is 17.7 Å². The molecule has 1 aliphatic heterocycles. The van der Waals surface area contributed by atoms with Crippen LogP contribution in [-0.4, -0.2) is 70.6 Å². The van der Waals surface area contributed by atoms with Crippen molar-refractivity contribution in [1.29, 1.82) is 0 Å². The number of aryl methyl sites for hydroxylation is 2. The molecule has 2 aliphatic carbocycles. The molecule has 1 saturated heterocycles. The Morgan fingerprint density at radius 1 is 1.10 bits per heavy atom. The topological polar surface area (TPSA) is 98.8 Å². The number of aromatic nitrogens is 2. The molecule has 0 spiro atoms. The van der Waals surface area contributed by atoms with Crippen molar-refractivity contribution >= 4 is 40.3 Å². The number of amides is 2. The molecular formula is C30H34ClN5O4. The van der Waals surface area contributed by atoms with Gasteiger partial charge in [-0.15, -0.1) is 0 Å². The first-order chi connectivity index (χ1) is 19.4. The molecule has 1 aromatic carbocycles. The van der Waals surface area contributed by atoms with Crippen LogP contribution in [0, 0.1) is 0 Å². The van der Waals surface area contributed by atoms with E-state index in [9.17, 15) is 14.4 Å². The first kappa shape index (κ1) is 26.6. The number of aromatic amines is 1. The fourth-order valence-electron chi connectivity index (χ4n) is 5.80. The first-order valence-corrected chi connectivity index (χ1v) is 14.6. The molecule has 1 N–H and O–H groups in total. The van der Waals surface area contributed by atoms with Gasteiger partial charge in [-0.25, -0.2) is 9.78 Å². The highest BCUT2D eigenvalue weighted by atomic mass is 35.5. The minimum atomic E-state index is -0.308. The molecule has 2 fully saturated rings. The number of anilines is 1. The third-order valence-corrected chi connectivity index (χ3v) is 8.33. The number of hydrogen-bond donors (Lipinski definition) is 1. The van der Waals surface area contributed by atoms with Gasteiger partial charge in [0.1, 0.15) is 11.4 Å². The number of piperazine rings is 1. The number of carbonyl (C=O) groups excluding carboxylic acids is 2. The summed E-state index contributed by atoms with van der Waals surface area (Å²) in [6.45, 7) is 4.70. The zero-order valence-electron chi connectivity index (χ0n) is 22.7. The molecule has 9 nitrogen and oxygen atoms in total. The van der Waals surface area contributed by atoms with Crippen LogP contribution < -0.4 is 10.5 Å². The van der Waals surface area contributed by atoms with E-state index in [1.54, 1.807) is 11.8 Å². The van der Waals surface area contributed by atoms with E-state index in [4.69, 9.17) is 21.3 Å². The van der Waals surface area contributed by atoms with Crippen molar-refractivity contribution in [2.45, 2.75) is 58.0 Å². The third-order valence-electron chi connectivity index (χ3n) is 8.10. The summed E-state index contributed by atoms with van der Waals surface area (Å²) in [7, 11) is 0. The molecule has 3 aromatic rings. The van der Waals surface area contributed by atoms with Gasteiger partial charge in [0.15, 0.2) is 0 Å². The molecule has 1 saturated carbocycles. The van der Waals surface area contributed by atoms with Gasteiger partial charge in [-0.05, 0) is 75.3 Å². The van der Waals surface area contributed by atoms with Crippen LogP contribution in [0.2, 0.25) is 5.02 Å². The Balaban J connectivity index is 1.33. The normalized spacial score (nSPS) is 17.1. The average molecular weight is 564 g/mol. The molecule has 2 amide bonds. The molecule has 3 heterocycles. The largest absolute Gasteiger partial charge is 0.450 e. The van der Waals surface area contributed by atoms with Gasteiger partial charge in [0.25, 0.3) is 11.5 Å². The minimum absolute atomic E-state index is 0.0948. The fourth-order valence-corrected chi connectivity index (χ4v) is 5.97. The van der Waals surface area contributed by atoms with Gasteiger partial charge >= 0.3 is 6.09 Å². The number of rotatable bonds is 6. The fraction of sp³-hybridized carbons (Fsp3) is 0.467. The molecule has 0 bridgehead atoms. The van der Waals surface area contributed by atoms with E-state index < -0.39 is 0 Å². The molecule has 2 aromatic heterocycles. The van der Waals surface area contributed by atoms with Crippen molar-refractivity contribution in [3.05, 3.63) is 68.1 Å². The van der Waals surface area contributed by atoms with Crippen LogP contribution in [0.3, 0.4) is 0 Å². The molecule has 6 rings (SSSR count). The first-order valence-electron chi connectivity index (χ1n) is 14.2. The summed E-state index contributed by atoms with van der Waals surface area (Å²) in [5.41, 5.74) is 3.64. The Hall–Kier alpha value is -3.59. The van der Waals surface area contributed by atoms with Crippen LogP contribution in [0.4, 0.5) is 10.6 Å². The van der Waals surface area contributed by atoms with Crippen molar-refractivity contribution < 1.29 is 14.3 Å². The quantitative estimate of drug-likeness (QED) is 0.473. The van der Waals surface area contributed by atoms with E-state index in [-0.39, 0.29) is 29.2 Å². The Morgan fingerprint density at radius 2 is 1.88 bits per heavy atom. The highest BCUT2D eigenvalue weighted by molar-refractivity contribution is 6.31. The van der Waals surface area contributed by atoms with E-state index in [1.807, 2.05) is 29.2 Å². The van der Waals surface area contributed by atoms with Crippen LogP contribution in [0.15, 0.2) is 35.1 Å². The highest BCUT2D eigenvalue weighted by Crippen LogP contribution is 2.33.